The minimum absolute atomic E-state index is 0.379. The first-order valence-electron chi connectivity index (χ1n) is 6.60. The van der Waals surface area contributed by atoms with Gasteiger partial charge >= 0.3 is 5.97 Å². The Balaban J connectivity index is 1.79. The maximum Gasteiger partial charge on any atom is 0.335 e. The average Bonchev–Trinajstić information content (AvgIpc) is 3.07. The molecular weight excluding hydrogens is 226 g/mol. The van der Waals surface area contributed by atoms with Gasteiger partial charge in [0.2, 0.25) is 0 Å². The predicted octanol–water partition coefficient (Wildman–Crippen LogP) is 2.58. The lowest BCUT2D eigenvalue weighted by Crippen LogP contribution is -2.37. The van der Waals surface area contributed by atoms with E-state index in [4.69, 9.17) is 5.11 Å². The summed E-state index contributed by atoms with van der Waals surface area (Å²) in [5.41, 5.74) is 2.24. The average molecular weight is 245 g/mol. The molecule has 1 saturated heterocycles. The minimum atomic E-state index is -0.846. The number of carbonyl (C=O) groups is 1. The van der Waals surface area contributed by atoms with Gasteiger partial charge in [-0.2, -0.15) is 0 Å². The smallest absolute Gasteiger partial charge is 0.335 e. The molecule has 1 aliphatic carbocycles. The van der Waals surface area contributed by atoms with Gasteiger partial charge in [0.1, 0.15) is 0 Å². The molecule has 1 aromatic carbocycles. The van der Waals surface area contributed by atoms with Gasteiger partial charge in [0.05, 0.1) is 5.56 Å². The lowest BCUT2D eigenvalue weighted by Gasteiger charge is -2.36. The van der Waals surface area contributed by atoms with Crippen molar-refractivity contribution >= 4 is 5.97 Å². The van der Waals surface area contributed by atoms with Crippen molar-refractivity contribution in [2.24, 2.45) is 5.41 Å². The molecule has 1 atom stereocenters. The van der Waals surface area contributed by atoms with Crippen molar-refractivity contribution in [1.82, 2.24) is 4.90 Å². The van der Waals surface area contributed by atoms with Crippen molar-refractivity contribution in [2.75, 3.05) is 20.1 Å². The minimum Gasteiger partial charge on any atom is -0.478 e. The lowest BCUT2D eigenvalue weighted by atomic mass is 9.82. The van der Waals surface area contributed by atoms with E-state index in [1.54, 1.807) is 12.1 Å². The Bertz CT molecular complexity index is 462. The van der Waals surface area contributed by atoms with Crippen LogP contribution < -0.4 is 0 Å². The number of carboxylic acid groups (broad SMARTS) is 1. The number of rotatable bonds is 2. The summed E-state index contributed by atoms with van der Waals surface area (Å²) in [7, 11) is 2.19. The molecular formula is C15H19NO2. The van der Waals surface area contributed by atoms with E-state index in [-0.39, 0.29) is 0 Å². The molecule has 0 amide bonds. The highest BCUT2D eigenvalue weighted by atomic mass is 16.4. The highest BCUT2D eigenvalue weighted by Gasteiger charge is 2.47. The second kappa shape index (κ2) is 4.09. The molecule has 0 unspecified atom stereocenters. The summed E-state index contributed by atoms with van der Waals surface area (Å²) in [6.45, 7) is 2.32. The molecule has 18 heavy (non-hydrogen) atoms. The number of benzene rings is 1. The molecule has 1 N–H and O–H groups in total. The molecule has 2 fully saturated rings. The third-order valence-electron chi connectivity index (χ3n) is 4.40. The zero-order valence-electron chi connectivity index (χ0n) is 10.7. The van der Waals surface area contributed by atoms with Gasteiger partial charge in [0.25, 0.3) is 0 Å². The van der Waals surface area contributed by atoms with Crippen molar-refractivity contribution in [1.29, 1.82) is 0 Å². The summed E-state index contributed by atoms with van der Waals surface area (Å²) in [6.07, 6.45) is 3.99. The molecule has 3 nitrogen and oxygen atoms in total. The van der Waals surface area contributed by atoms with Crippen LogP contribution in [0.3, 0.4) is 0 Å². The van der Waals surface area contributed by atoms with Crippen molar-refractivity contribution in [3.63, 3.8) is 0 Å². The van der Waals surface area contributed by atoms with Crippen LogP contribution in [0.4, 0.5) is 0 Å². The Hall–Kier alpha value is -1.35. The van der Waals surface area contributed by atoms with Crippen LogP contribution >= 0.6 is 0 Å². The van der Waals surface area contributed by atoms with E-state index in [1.165, 1.54) is 31.4 Å². The van der Waals surface area contributed by atoms with Gasteiger partial charge in [-0.25, -0.2) is 4.79 Å². The molecule has 0 radical (unpaired) electrons. The molecule has 1 saturated carbocycles. The standard InChI is InChI=1S/C15H19NO2/c1-16-9-13(8-15(10-16)6-7-15)11-2-4-12(5-3-11)14(17)18/h2-5,13H,6-10H2,1H3,(H,17,18)/t13-/m0/s1. The van der Waals surface area contributed by atoms with Crippen molar-refractivity contribution in [3.8, 4) is 0 Å². The fourth-order valence-corrected chi connectivity index (χ4v) is 3.33. The number of likely N-dealkylation sites (N-methyl/N-ethyl adjacent to an activating group) is 1. The maximum absolute atomic E-state index is 10.8. The van der Waals surface area contributed by atoms with Gasteiger partial charge < -0.3 is 10.0 Å². The lowest BCUT2D eigenvalue weighted by molar-refractivity contribution is 0.0697. The van der Waals surface area contributed by atoms with Gasteiger partial charge in [-0.1, -0.05) is 12.1 Å². The van der Waals surface area contributed by atoms with Crippen LogP contribution in [0.15, 0.2) is 24.3 Å². The van der Waals surface area contributed by atoms with Crippen LogP contribution in [0.1, 0.15) is 41.1 Å². The Kier molecular flexibility index (Phi) is 2.67. The monoisotopic (exact) mass is 245 g/mol. The third kappa shape index (κ3) is 2.15. The van der Waals surface area contributed by atoms with Gasteiger partial charge in [0.15, 0.2) is 0 Å². The molecule has 1 aliphatic heterocycles. The summed E-state index contributed by atoms with van der Waals surface area (Å²) in [4.78, 5) is 13.3. The largest absolute Gasteiger partial charge is 0.478 e. The summed E-state index contributed by atoms with van der Waals surface area (Å²) in [5.74, 6) is -0.282. The zero-order chi connectivity index (χ0) is 12.8. The van der Waals surface area contributed by atoms with Crippen molar-refractivity contribution in [2.45, 2.75) is 25.2 Å². The van der Waals surface area contributed by atoms with Gasteiger partial charge in [-0.15, -0.1) is 0 Å². The quantitative estimate of drug-likeness (QED) is 0.870. The number of hydrogen-bond donors (Lipinski definition) is 1. The van der Waals surface area contributed by atoms with Crippen molar-refractivity contribution in [3.05, 3.63) is 35.4 Å². The molecule has 0 aromatic heterocycles. The van der Waals surface area contributed by atoms with E-state index in [0.29, 0.717) is 16.9 Å². The Morgan fingerprint density at radius 2 is 2.00 bits per heavy atom. The molecule has 3 heteroatoms. The van der Waals surface area contributed by atoms with Crippen LogP contribution in [0.5, 0.6) is 0 Å². The van der Waals surface area contributed by atoms with E-state index in [0.717, 1.165) is 6.54 Å². The second-order valence-corrected chi connectivity index (χ2v) is 6.02. The fraction of sp³-hybridized carbons (Fsp3) is 0.533. The molecule has 2 aliphatic rings. The number of hydrogen-bond acceptors (Lipinski definition) is 2. The van der Waals surface area contributed by atoms with Crippen LogP contribution in [-0.2, 0) is 0 Å². The molecule has 1 aromatic rings. The fourth-order valence-electron chi connectivity index (χ4n) is 3.33. The molecule has 3 rings (SSSR count). The predicted molar refractivity (Wildman–Crippen MR) is 69.9 cm³/mol. The highest BCUT2D eigenvalue weighted by Crippen LogP contribution is 2.54. The maximum atomic E-state index is 10.8. The molecule has 1 spiro atoms. The van der Waals surface area contributed by atoms with Crippen LogP contribution in [0, 0.1) is 5.41 Å². The van der Waals surface area contributed by atoms with E-state index in [9.17, 15) is 4.79 Å². The molecule has 96 valence electrons. The van der Waals surface area contributed by atoms with Gasteiger partial charge in [-0.05, 0) is 55.3 Å². The van der Waals surface area contributed by atoms with Crippen LogP contribution in [-0.4, -0.2) is 36.1 Å². The Labute approximate surface area is 107 Å². The molecule has 0 bridgehead atoms. The van der Waals surface area contributed by atoms with Crippen LogP contribution in [0.2, 0.25) is 0 Å². The Morgan fingerprint density at radius 3 is 2.56 bits per heavy atom. The first-order valence-corrected chi connectivity index (χ1v) is 6.60. The summed E-state index contributed by atoms with van der Waals surface area (Å²) >= 11 is 0. The normalized spacial score (nSPS) is 26.2. The van der Waals surface area contributed by atoms with Crippen LogP contribution in [0.25, 0.3) is 0 Å². The highest BCUT2D eigenvalue weighted by molar-refractivity contribution is 5.87. The first-order chi connectivity index (χ1) is 8.58. The second-order valence-electron chi connectivity index (χ2n) is 6.02. The van der Waals surface area contributed by atoms with E-state index in [2.05, 4.69) is 11.9 Å². The first kappa shape index (κ1) is 11.7. The number of likely N-dealkylation sites (tertiary alicyclic amines) is 1. The topological polar surface area (TPSA) is 40.5 Å². The summed E-state index contributed by atoms with van der Waals surface area (Å²) in [5, 5.41) is 8.91. The number of aromatic carboxylic acids is 1. The summed E-state index contributed by atoms with van der Waals surface area (Å²) in [6, 6.07) is 7.43. The number of carboxylic acids is 1. The number of nitrogens with zero attached hydrogens (tertiary/aromatic N) is 1. The van der Waals surface area contributed by atoms with E-state index in [1.807, 2.05) is 12.1 Å². The zero-order valence-corrected chi connectivity index (χ0v) is 10.7. The number of piperidine rings is 1. The van der Waals surface area contributed by atoms with Gasteiger partial charge in [-0.3, -0.25) is 0 Å². The van der Waals surface area contributed by atoms with E-state index >= 15 is 0 Å². The molecule has 1 heterocycles. The van der Waals surface area contributed by atoms with E-state index < -0.39 is 5.97 Å². The van der Waals surface area contributed by atoms with Crippen molar-refractivity contribution < 1.29 is 9.90 Å². The Morgan fingerprint density at radius 1 is 1.33 bits per heavy atom. The van der Waals surface area contributed by atoms with Gasteiger partial charge in [0, 0.05) is 13.1 Å². The SMILES string of the molecule is CN1C[C@@H](c2ccc(C(=O)O)cc2)CC2(CC2)C1. The third-order valence-corrected chi connectivity index (χ3v) is 4.40. The summed E-state index contributed by atoms with van der Waals surface area (Å²) < 4.78 is 0.